The Bertz CT molecular complexity index is 1900. The van der Waals surface area contributed by atoms with Crippen LogP contribution in [0.5, 0.6) is 0 Å². The number of aromatic nitrogens is 3. The van der Waals surface area contributed by atoms with Gasteiger partial charge >= 0.3 is 6.09 Å². The molecular formula is C37H40N6O3S. The highest BCUT2D eigenvalue weighted by Gasteiger charge is 2.18. The van der Waals surface area contributed by atoms with E-state index in [1.807, 2.05) is 113 Å². The minimum absolute atomic E-state index is 0.172. The zero-order chi connectivity index (χ0) is 33.7. The summed E-state index contributed by atoms with van der Waals surface area (Å²) < 4.78 is 5.36. The third-order valence-corrected chi connectivity index (χ3v) is 8.42. The van der Waals surface area contributed by atoms with Crippen molar-refractivity contribution in [2.75, 3.05) is 10.6 Å². The molecule has 0 saturated heterocycles. The minimum Gasteiger partial charge on any atom is -0.444 e. The molecule has 0 radical (unpaired) electrons. The van der Waals surface area contributed by atoms with Crippen LogP contribution < -0.4 is 16.0 Å². The van der Waals surface area contributed by atoms with Gasteiger partial charge in [0.15, 0.2) is 5.65 Å². The molecule has 0 aliphatic rings. The van der Waals surface area contributed by atoms with E-state index in [4.69, 9.17) is 9.72 Å². The third kappa shape index (κ3) is 8.65. The second-order valence-corrected chi connectivity index (χ2v) is 13.7. The van der Waals surface area contributed by atoms with Gasteiger partial charge in [-0.3, -0.25) is 10.1 Å². The van der Waals surface area contributed by atoms with Crippen LogP contribution in [0.3, 0.4) is 0 Å². The molecular weight excluding hydrogens is 609 g/mol. The van der Waals surface area contributed by atoms with Crippen LogP contribution in [0.15, 0.2) is 95.0 Å². The van der Waals surface area contributed by atoms with Crippen LogP contribution in [-0.4, -0.2) is 32.6 Å². The number of aryl methyl sites for hydroxylation is 1. The number of nitrogens with one attached hydrogen (secondary N) is 3. The van der Waals surface area contributed by atoms with E-state index in [0.29, 0.717) is 28.4 Å². The number of carbonyl (C=O) groups is 2. The van der Waals surface area contributed by atoms with Crippen molar-refractivity contribution in [1.82, 2.24) is 20.3 Å². The van der Waals surface area contributed by atoms with Crippen LogP contribution in [0.25, 0.3) is 11.0 Å². The Balaban J connectivity index is 1.44. The number of rotatable bonds is 9. The molecule has 3 aromatic carbocycles. The van der Waals surface area contributed by atoms with Crippen LogP contribution in [-0.2, 0) is 4.74 Å². The van der Waals surface area contributed by atoms with Crippen LogP contribution in [0, 0.1) is 6.92 Å². The number of ether oxygens (including phenoxy) is 1. The zero-order valence-corrected chi connectivity index (χ0v) is 28.5. The molecule has 0 saturated carbocycles. The van der Waals surface area contributed by atoms with Crippen LogP contribution >= 0.6 is 11.8 Å². The summed E-state index contributed by atoms with van der Waals surface area (Å²) in [5, 5.41) is 10.1. The summed E-state index contributed by atoms with van der Waals surface area (Å²) in [6.07, 6.45) is 0.980. The molecule has 0 fully saturated rings. The summed E-state index contributed by atoms with van der Waals surface area (Å²) in [7, 11) is 0. The first-order valence-electron chi connectivity index (χ1n) is 15.5. The van der Waals surface area contributed by atoms with E-state index < -0.39 is 11.7 Å². The summed E-state index contributed by atoms with van der Waals surface area (Å²) in [5.41, 5.74) is 4.97. The van der Waals surface area contributed by atoms with E-state index in [2.05, 4.69) is 39.8 Å². The fraction of sp³-hybridized carbons (Fsp3) is 0.270. The Labute approximate surface area is 280 Å². The van der Waals surface area contributed by atoms with Gasteiger partial charge in [-0.1, -0.05) is 49.9 Å². The lowest BCUT2D eigenvalue weighted by Gasteiger charge is -2.19. The van der Waals surface area contributed by atoms with E-state index in [1.54, 1.807) is 0 Å². The van der Waals surface area contributed by atoms with E-state index in [-0.39, 0.29) is 17.9 Å². The van der Waals surface area contributed by atoms with Gasteiger partial charge in [0.05, 0.1) is 17.1 Å². The lowest BCUT2D eigenvalue weighted by molar-refractivity contribution is 0.0635. The molecule has 0 aliphatic heterocycles. The second kappa shape index (κ2) is 14.2. The number of amides is 2. The maximum Gasteiger partial charge on any atom is 0.412 e. The van der Waals surface area contributed by atoms with E-state index in [0.717, 1.165) is 32.0 Å². The number of carbonyl (C=O) groups excluding carboxylic acids is 2. The average Bonchev–Trinajstić information content (AvgIpc) is 3.01. The number of fused-ring (bicyclic) bond motifs is 1. The SMILES string of the molecule is Cc1ccccc1C(C)NC(=O)c1ccc(Sc2ccc(NC(=O)OC(C)(C)C)cc2)c(Nc2ncnc3nc(C(C)C)ccc23)c1. The number of nitrogens with zero attached hydrogens (tertiary/aromatic N) is 3. The van der Waals surface area contributed by atoms with Crippen molar-refractivity contribution in [3.05, 3.63) is 108 Å². The lowest BCUT2D eigenvalue weighted by Crippen LogP contribution is -2.27. The van der Waals surface area contributed by atoms with E-state index in [9.17, 15) is 9.59 Å². The summed E-state index contributed by atoms with van der Waals surface area (Å²) in [4.78, 5) is 41.2. The number of hydrogen-bond donors (Lipinski definition) is 3. The highest BCUT2D eigenvalue weighted by molar-refractivity contribution is 7.99. The molecule has 0 spiro atoms. The Kier molecular flexibility index (Phi) is 10.1. The normalized spacial score (nSPS) is 12.1. The topological polar surface area (TPSA) is 118 Å². The molecule has 2 heterocycles. The number of anilines is 3. The van der Waals surface area contributed by atoms with Gasteiger partial charge in [-0.2, -0.15) is 0 Å². The molecule has 5 aromatic rings. The van der Waals surface area contributed by atoms with Crippen LogP contribution in [0.4, 0.5) is 22.0 Å². The van der Waals surface area contributed by atoms with Crippen LogP contribution in [0.1, 0.15) is 80.7 Å². The Hall–Kier alpha value is -4.96. The van der Waals surface area contributed by atoms with Gasteiger partial charge in [0.2, 0.25) is 0 Å². The van der Waals surface area contributed by atoms with Crippen molar-refractivity contribution >= 4 is 52.0 Å². The first-order valence-corrected chi connectivity index (χ1v) is 16.3. The molecule has 1 unspecified atom stereocenters. The maximum atomic E-state index is 13.5. The molecule has 0 bridgehead atoms. The van der Waals surface area contributed by atoms with Crippen LogP contribution in [0.2, 0.25) is 0 Å². The fourth-order valence-corrected chi connectivity index (χ4v) is 5.83. The van der Waals surface area contributed by atoms with Gasteiger partial charge in [-0.25, -0.2) is 19.7 Å². The zero-order valence-electron chi connectivity index (χ0n) is 27.7. The summed E-state index contributed by atoms with van der Waals surface area (Å²) in [5.74, 6) is 0.660. The third-order valence-electron chi connectivity index (χ3n) is 7.33. The maximum absolute atomic E-state index is 13.5. The van der Waals surface area contributed by atoms with Gasteiger partial charge < -0.3 is 15.4 Å². The molecule has 2 aromatic heterocycles. The summed E-state index contributed by atoms with van der Waals surface area (Å²) in [6.45, 7) is 13.7. The Morgan fingerprint density at radius 1 is 0.894 bits per heavy atom. The summed E-state index contributed by atoms with van der Waals surface area (Å²) in [6, 6.07) is 24.9. The van der Waals surface area contributed by atoms with E-state index >= 15 is 0 Å². The van der Waals surface area contributed by atoms with Crippen molar-refractivity contribution in [3.8, 4) is 0 Å². The highest BCUT2D eigenvalue weighted by atomic mass is 32.2. The molecule has 2 amide bonds. The second-order valence-electron chi connectivity index (χ2n) is 12.6. The van der Waals surface area contributed by atoms with E-state index in [1.165, 1.54) is 18.1 Å². The number of pyridine rings is 1. The lowest BCUT2D eigenvalue weighted by atomic mass is 10.0. The first kappa shape index (κ1) is 33.4. The quantitative estimate of drug-likeness (QED) is 0.145. The van der Waals surface area contributed by atoms with Gasteiger partial charge in [-0.05, 0) is 106 Å². The van der Waals surface area contributed by atoms with Gasteiger partial charge in [0.1, 0.15) is 17.7 Å². The van der Waals surface area contributed by atoms with Crippen molar-refractivity contribution < 1.29 is 14.3 Å². The van der Waals surface area contributed by atoms with Crippen molar-refractivity contribution in [2.45, 2.75) is 75.8 Å². The summed E-state index contributed by atoms with van der Waals surface area (Å²) >= 11 is 1.52. The smallest absolute Gasteiger partial charge is 0.412 e. The van der Waals surface area contributed by atoms with Gasteiger partial charge in [-0.15, -0.1) is 0 Å². The molecule has 5 rings (SSSR count). The Morgan fingerprint density at radius 3 is 2.34 bits per heavy atom. The molecule has 0 aliphatic carbocycles. The standard InChI is InChI=1S/C37H40N6O3S/c1-22(2)30-18-17-29-33(42-30)38-21-39-34(29)43-31-20-25(35(44)40-24(4)28-11-9-8-10-23(28)3)12-19-32(31)47-27-15-13-26(14-16-27)41-36(45)46-37(5,6)7/h8-22,24H,1-7H3,(H,40,44)(H,41,45)(H,38,39,42,43). The fourth-order valence-electron chi connectivity index (χ4n) is 4.95. The van der Waals surface area contributed by atoms with Crippen molar-refractivity contribution in [1.29, 1.82) is 0 Å². The van der Waals surface area contributed by atoms with Crippen molar-refractivity contribution in [2.24, 2.45) is 0 Å². The first-order chi connectivity index (χ1) is 22.4. The number of benzene rings is 3. The molecule has 3 N–H and O–H groups in total. The highest BCUT2D eigenvalue weighted by Crippen LogP contribution is 2.37. The largest absolute Gasteiger partial charge is 0.444 e. The Morgan fingerprint density at radius 2 is 1.64 bits per heavy atom. The number of hydrogen-bond acceptors (Lipinski definition) is 8. The molecule has 1 atom stereocenters. The van der Waals surface area contributed by atoms with Gasteiger partial charge in [0.25, 0.3) is 5.91 Å². The molecule has 9 nitrogen and oxygen atoms in total. The monoisotopic (exact) mass is 648 g/mol. The average molecular weight is 649 g/mol. The molecule has 47 heavy (non-hydrogen) atoms. The predicted octanol–water partition coefficient (Wildman–Crippen LogP) is 9.19. The molecule has 10 heteroatoms. The van der Waals surface area contributed by atoms with Crippen molar-refractivity contribution in [3.63, 3.8) is 0 Å². The molecule has 242 valence electrons. The minimum atomic E-state index is -0.591. The predicted molar refractivity (Wildman–Crippen MR) is 189 cm³/mol. The van der Waals surface area contributed by atoms with Gasteiger partial charge in [0, 0.05) is 26.7 Å².